The number of hydrogen-bond donors (Lipinski definition) is 1. The van der Waals surface area contributed by atoms with Crippen LogP contribution in [0.5, 0.6) is 0 Å². The summed E-state index contributed by atoms with van der Waals surface area (Å²) in [5.74, 6) is -0.291. The number of aliphatic hydroxyl groups is 1. The zero-order chi connectivity index (χ0) is 7.72. The Balaban J connectivity index is 2.89. The van der Waals surface area contributed by atoms with E-state index in [1.807, 2.05) is 0 Å². The fourth-order valence-corrected chi connectivity index (χ4v) is 1.13. The van der Waals surface area contributed by atoms with Gasteiger partial charge in [-0.2, -0.15) is 0 Å². The van der Waals surface area contributed by atoms with Crippen LogP contribution < -0.4 is 0 Å². The van der Waals surface area contributed by atoms with E-state index in [9.17, 15) is 4.79 Å². The van der Waals surface area contributed by atoms with E-state index in [4.69, 9.17) is 5.11 Å². The first-order valence-electron chi connectivity index (χ1n) is 2.86. The molecule has 0 saturated carbocycles. The van der Waals surface area contributed by atoms with Crippen LogP contribution in [0.1, 0.15) is 0 Å². The van der Waals surface area contributed by atoms with E-state index >= 15 is 0 Å². The molecule has 0 bridgehead atoms. The topological polar surface area (TPSA) is 37.3 Å². The lowest BCUT2D eigenvalue weighted by molar-refractivity contribution is -0.120. The fourth-order valence-electron chi connectivity index (χ4n) is 0.728. The Labute approximate surface area is 67.4 Å². The predicted molar refractivity (Wildman–Crippen MR) is 42.0 cm³/mol. The normalized spacial score (nSPS) is 33.0. The highest BCUT2D eigenvalue weighted by Gasteiger charge is 2.24. The highest BCUT2D eigenvalue weighted by Crippen LogP contribution is 2.20. The summed E-state index contributed by atoms with van der Waals surface area (Å²) in [6, 6.07) is 0. The van der Waals surface area contributed by atoms with Crippen molar-refractivity contribution in [3.8, 4) is 0 Å². The van der Waals surface area contributed by atoms with Crippen molar-refractivity contribution in [3.05, 3.63) is 24.3 Å². The number of halogens is 1. The average Bonchev–Trinajstić information content (AvgIpc) is 1.93. The van der Waals surface area contributed by atoms with Gasteiger partial charge in [-0.25, -0.2) is 0 Å². The highest BCUT2D eigenvalue weighted by atomic mass is 79.9. The molecule has 0 amide bonds. The van der Waals surface area contributed by atoms with Crippen LogP contribution in [0.15, 0.2) is 24.3 Å². The first-order chi connectivity index (χ1) is 4.63. The lowest BCUT2D eigenvalue weighted by Gasteiger charge is -2.17. The summed E-state index contributed by atoms with van der Waals surface area (Å²) in [5.41, 5.74) is 0.507. The maximum Gasteiger partial charge on any atom is 0.188 e. The van der Waals surface area contributed by atoms with Gasteiger partial charge in [0.15, 0.2) is 5.78 Å². The molecule has 0 aromatic heterocycles. The average molecular weight is 203 g/mol. The molecule has 1 N–H and O–H groups in total. The minimum atomic E-state index is -1.02. The Bertz CT molecular complexity index is 208. The zero-order valence-electron chi connectivity index (χ0n) is 5.25. The van der Waals surface area contributed by atoms with Gasteiger partial charge in [-0.15, -0.1) is 0 Å². The van der Waals surface area contributed by atoms with Crippen LogP contribution in [-0.2, 0) is 4.79 Å². The number of ketones is 1. The van der Waals surface area contributed by atoms with Gasteiger partial charge < -0.3 is 5.11 Å². The molecule has 1 rings (SSSR count). The molecule has 10 heavy (non-hydrogen) atoms. The third-order valence-electron chi connectivity index (χ3n) is 1.40. The van der Waals surface area contributed by atoms with Crippen molar-refractivity contribution in [2.75, 3.05) is 0 Å². The van der Waals surface area contributed by atoms with Gasteiger partial charge in [0.25, 0.3) is 0 Å². The maximum atomic E-state index is 10.7. The van der Waals surface area contributed by atoms with Crippen molar-refractivity contribution >= 4 is 21.7 Å². The summed E-state index contributed by atoms with van der Waals surface area (Å²) < 4.78 is 0. The summed E-state index contributed by atoms with van der Waals surface area (Å²) in [4.78, 5) is 10.7. The molecule has 0 saturated heterocycles. The number of carbonyl (C=O) groups excluding carboxylic acids is 1. The molecule has 3 heteroatoms. The SMILES string of the molecule is C=C1C(Br)C=CC(=O)C1O. The number of aliphatic hydroxyl groups excluding tert-OH is 1. The van der Waals surface area contributed by atoms with Crippen LogP contribution >= 0.6 is 15.9 Å². The minimum absolute atomic E-state index is 0.0693. The summed E-state index contributed by atoms with van der Waals surface area (Å²) in [6.07, 6.45) is 2.00. The molecule has 2 nitrogen and oxygen atoms in total. The lowest BCUT2D eigenvalue weighted by atomic mass is 9.99. The first-order valence-corrected chi connectivity index (χ1v) is 3.77. The molecule has 1 aliphatic rings. The van der Waals surface area contributed by atoms with E-state index in [-0.39, 0.29) is 10.6 Å². The van der Waals surface area contributed by atoms with Crippen molar-refractivity contribution in [2.24, 2.45) is 0 Å². The quantitative estimate of drug-likeness (QED) is 0.467. The number of hydrogen-bond acceptors (Lipinski definition) is 2. The number of rotatable bonds is 0. The molecule has 0 aromatic carbocycles. The molecule has 2 atom stereocenters. The molecule has 0 heterocycles. The number of allylic oxidation sites excluding steroid dienone is 1. The number of alkyl halides is 1. The molecule has 0 spiro atoms. The van der Waals surface area contributed by atoms with E-state index in [0.29, 0.717) is 5.57 Å². The molecule has 2 unspecified atom stereocenters. The number of carbonyl (C=O) groups is 1. The largest absolute Gasteiger partial charge is 0.380 e. The van der Waals surface area contributed by atoms with Crippen molar-refractivity contribution < 1.29 is 9.90 Å². The predicted octanol–water partition coefficient (Wildman–Crippen LogP) is 0.806. The summed E-state index contributed by atoms with van der Waals surface area (Å²) in [7, 11) is 0. The second-order valence-corrected chi connectivity index (χ2v) is 3.13. The Morgan fingerprint density at radius 1 is 1.70 bits per heavy atom. The van der Waals surface area contributed by atoms with Crippen LogP contribution in [-0.4, -0.2) is 21.8 Å². The van der Waals surface area contributed by atoms with E-state index in [1.54, 1.807) is 6.08 Å². The van der Waals surface area contributed by atoms with Crippen molar-refractivity contribution in [3.63, 3.8) is 0 Å². The van der Waals surface area contributed by atoms with E-state index in [2.05, 4.69) is 22.5 Å². The molecular formula is C7H7BrO2. The Kier molecular flexibility index (Phi) is 2.06. The molecule has 1 aliphatic carbocycles. The van der Waals surface area contributed by atoms with Gasteiger partial charge in [0, 0.05) is 0 Å². The van der Waals surface area contributed by atoms with Gasteiger partial charge in [-0.3, -0.25) is 4.79 Å². The van der Waals surface area contributed by atoms with E-state index < -0.39 is 6.10 Å². The fraction of sp³-hybridized carbons (Fsp3) is 0.286. The van der Waals surface area contributed by atoms with Gasteiger partial charge in [0.2, 0.25) is 0 Å². The van der Waals surface area contributed by atoms with Crippen molar-refractivity contribution in [2.45, 2.75) is 10.9 Å². The molecule has 0 aliphatic heterocycles. The van der Waals surface area contributed by atoms with Crippen molar-refractivity contribution in [1.82, 2.24) is 0 Å². The van der Waals surface area contributed by atoms with Gasteiger partial charge in [-0.1, -0.05) is 28.6 Å². The maximum absolute atomic E-state index is 10.7. The van der Waals surface area contributed by atoms with Gasteiger partial charge >= 0.3 is 0 Å². The van der Waals surface area contributed by atoms with Crippen LogP contribution in [0.25, 0.3) is 0 Å². The van der Waals surface area contributed by atoms with Gasteiger partial charge in [-0.05, 0) is 11.6 Å². The van der Waals surface area contributed by atoms with Crippen LogP contribution in [0.4, 0.5) is 0 Å². The Hall–Kier alpha value is -0.410. The molecular weight excluding hydrogens is 196 g/mol. The smallest absolute Gasteiger partial charge is 0.188 e. The summed E-state index contributed by atoms with van der Waals surface area (Å²) >= 11 is 3.22. The Morgan fingerprint density at radius 2 is 2.30 bits per heavy atom. The lowest BCUT2D eigenvalue weighted by Crippen LogP contribution is -2.28. The van der Waals surface area contributed by atoms with E-state index in [1.165, 1.54) is 6.08 Å². The summed E-state index contributed by atoms with van der Waals surface area (Å²) in [5, 5.41) is 9.09. The summed E-state index contributed by atoms with van der Waals surface area (Å²) in [6.45, 7) is 3.56. The third-order valence-corrected chi connectivity index (χ3v) is 2.30. The Morgan fingerprint density at radius 3 is 2.80 bits per heavy atom. The van der Waals surface area contributed by atoms with Gasteiger partial charge in [0.1, 0.15) is 6.10 Å². The van der Waals surface area contributed by atoms with Crippen LogP contribution in [0, 0.1) is 0 Å². The van der Waals surface area contributed by atoms with Gasteiger partial charge in [0.05, 0.1) is 4.83 Å². The molecule has 0 fully saturated rings. The monoisotopic (exact) mass is 202 g/mol. The van der Waals surface area contributed by atoms with Crippen molar-refractivity contribution in [1.29, 1.82) is 0 Å². The second kappa shape index (κ2) is 2.68. The van der Waals surface area contributed by atoms with Crippen LogP contribution in [0.3, 0.4) is 0 Å². The standard InChI is InChI=1S/C7H7BrO2/c1-4-5(8)2-3-6(9)7(4)10/h2-3,5,7,10H,1H2. The third kappa shape index (κ3) is 1.20. The minimum Gasteiger partial charge on any atom is -0.380 e. The zero-order valence-corrected chi connectivity index (χ0v) is 6.84. The molecule has 0 aromatic rings. The molecule has 54 valence electrons. The second-order valence-electron chi connectivity index (χ2n) is 2.14. The highest BCUT2D eigenvalue weighted by molar-refractivity contribution is 9.09. The molecule has 0 radical (unpaired) electrons. The van der Waals surface area contributed by atoms with E-state index in [0.717, 1.165) is 0 Å². The first kappa shape index (κ1) is 7.69. The van der Waals surface area contributed by atoms with Crippen LogP contribution in [0.2, 0.25) is 0 Å².